The molecule has 1 aliphatic rings. The van der Waals surface area contributed by atoms with E-state index < -0.39 is 0 Å². The zero-order valence-electron chi connectivity index (χ0n) is 12.8. The molecular weight excluding hydrogens is 266 g/mol. The lowest BCUT2D eigenvalue weighted by molar-refractivity contribution is -0.122. The standard InChI is InChI=1S/C16H25N3O2/c1-2-15(14-5-7-17-8-6-14)18-16(20)4-3-9-19-10-12-21-13-11-19/h5-8,15H,2-4,9-13H2,1H3,(H,18,20). The van der Waals surface area contributed by atoms with Gasteiger partial charge in [0.1, 0.15) is 0 Å². The summed E-state index contributed by atoms with van der Waals surface area (Å²) in [5, 5.41) is 3.11. The van der Waals surface area contributed by atoms with Crippen molar-refractivity contribution in [3.63, 3.8) is 0 Å². The number of ether oxygens (including phenoxy) is 1. The number of amides is 1. The normalized spacial score (nSPS) is 17.4. The molecule has 1 saturated heterocycles. The third-order valence-corrected chi connectivity index (χ3v) is 3.83. The van der Waals surface area contributed by atoms with Crippen LogP contribution in [-0.2, 0) is 9.53 Å². The van der Waals surface area contributed by atoms with Crippen LogP contribution in [0.3, 0.4) is 0 Å². The molecule has 1 fully saturated rings. The molecule has 1 aromatic heterocycles. The van der Waals surface area contributed by atoms with Gasteiger partial charge in [-0.25, -0.2) is 0 Å². The molecule has 2 heterocycles. The molecule has 1 amide bonds. The van der Waals surface area contributed by atoms with Crippen molar-refractivity contribution in [2.24, 2.45) is 0 Å². The molecule has 0 spiro atoms. The van der Waals surface area contributed by atoms with E-state index in [0.29, 0.717) is 6.42 Å². The Bertz CT molecular complexity index is 419. The van der Waals surface area contributed by atoms with Gasteiger partial charge in [0.05, 0.1) is 19.3 Å². The van der Waals surface area contributed by atoms with Crippen LogP contribution in [-0.4, -0.2) is 48.6 Å². The summed E-state index contributed by atoms with van der Waals surface area (Å²) < 4.78 is 5.32. The molecule has 0 radical (unpaired) electrons. The number of rotatable bonds is 7. The molecule has 1 N–H and O–H groups in total. The summed E-state index contributed by atoms with van der Waals surface area (Å²) in [7, 11) is 0. The Hall–Kier alpha value is -1.46. The van der Waals surface area contributed by atoms with Crippen molar-refractivity contribution < 1.29 is 9.53 Å². The van der Waals surface area contributed by atoms with Crippen molar-refractivity contribution >= 4 is 5.91 Å². The van der Waals surface area contributed by atoms with Crippen LogP contribution in [0, 0.1) is 0 Å². The molecule has 0 aromatic carbocycles. The van der Waals surface area contributed by atoms with Crippen molar-refractivity contribution in [2.45, 2.75) is 32.2 Å². The summed E-state index contributed by atoms with van der Waals surface area (Å²) in [4.78, 5) is 18.4. The van der Waals surface area contributed by atoms with E-state index in [2.05, 4.69) is 22.1 Å². The zero-order chi connectivity index (χ0) is 14.9. The molecule has 1 aliphatic heterocycles. The fourth-order valence-electron chi connectivity index (χ4n) is 2.57. The van der Waals surface area contributed by atoms with Gasteiger partial charge in [-0.1, -0.05) is 6.92 Å². The van der Waals surface area contributed by atoms with Crippen molar-refractivity contribution in [1.29, 1.82) is 0 Å². The van der Waals surface area contributed by atoms with Crippen LogP contribution < -0.4 is 5.32 Å². The highest BCUT2D eigenvalue weighted by Gasteiger charge is 2.14. The van der Waals surface area contributed by atoms with E-state index >= 15 is 0 Å². The monoisotopic (exact) mass is 291 g/mol. The number of nitrogens with one attached hydrogen (secondary N) is 1. The Labute approximate surface area is 126 Å². The first-order chi connectivity index (χ1) is 10.3. The maximum Gasteiger partial charge on any atom is 0.220 e. The van der Waals surface area contributed by atoms with Gasteiger partial charge in [-0.15, -0.1) is 0 Å². The van der Waals surface area contributed by atoms with E-state index in [0.717, 1.165) is 51.3 Å². The number of hydrogen-bond donors (Lipinski definition) is 1. The van der Waals surface area contributed by atoms with Crippen LogP contribution in [0.1, 0.15) is 37.8 Å². The maximum atomic E-state index is 12.1. The lowest BCUT2D eigenvalue weighted by Gasteiger charge is -2.26. The fraction of sp³-hybridized carbons (Fsp3) is 0.625. The highest BCUT2D eigenvalue weighted by Crippen LogP contribution is 2.15. The molecule has 116 valence electrons. The summed E-state index contributed by atoms with van der Waals surface area (Å²) in [6.07, 6.45) is 5.90. The third kappa shape index (κ3) is 5.44. The molecule has 21 heavy (non-hydrogen) atoms. The number of nitrogens with zero attached hydrogens (tertiary/aromatic N) is 2. The van der Waals surface area contributed by atoms with Gasteiger partial charge < -0.3 is 10.1 Å². The number of carbonyl (C=O) groups is 1. The van der Waals surface area contributed by atoms with Crippen LogP contribution in [0.4, 0.5) is 0 Å². The van der Waals surface area contributed by atoms with Gasteiger partial charge in [-0.3, -0.25) is 14.7 Å². The van der Waals surface area contributed by atoms with Crippen LogP contribution in [0.15, 0.2) is 24.5 Å². The highest BCUT2D eigenvalue weighted by atomic mass is 16.5. The summed E-state index contributed by atoms with van der Waals surface area (Å²) in [5.41, 5.74) is 1.12. The molecule has 5 nitrogen and oxygen atoms in total. The Balaban J connectivity index is 1.70. The summed E-state index contributed by atoms with van der Waals surface area (Å²) in [6, 6.07) is 4.01. The van der Waals surface area contributed by atoms with Gasteiger partial charge in [-0.05, 0) is 37.1 Å². The van der Waals surface area contributed by atoms with Gasteiger partial charge in [0.2, 0.25) is 5.91 Å². The van der Waals surface area contributed by atoms with Gasteiger partial charge in [0.15, 0.2) is 0 Å². The predicted octanol–water partition coefficient (Wildman–Crippen LogP) is 1.76. The first-order valence-corrected chi connectivity index (χ1v) is 7.79. The molecule has 1 unspecified atom stereocenters. The molecule has 1 atom stereocenters. The Morgan fingerprint density at radius 2 is 2.10 bits per heavy atom. The van der Waals surface area contributed by atoms with Crippen LogP contribution in [0.5, 0.6) is 0 Å². The van der Waals surface area contributed by atoms with E-state index in [1.165, 1.54) is 0 Å². The summed E-state index contributed by atoms with van der Waals surface area (Å²) >= 11 is 0. The Kier molecular flexibility index (Phi) is 6.63. The second kappa shape index (κ2) is 8.74. The predicted molar refractivity (Wildman–Crippen MR) is 81.9 cm³/mol. The molecule has 2 rings (SSSR count). The second-order valence-corrected chi connectivity index (χ2v) is 5.37. The van der Waals surface area contributed by atoms with Gasteiger partial charge >= 0.3 is 0 Å². The van der Waals surface area contributed by atoms with Crippen LogP contribution >= 0.6 is 0 Å². The van der Waals surface area contributed by atoms with E-state index in [4.69, 9.17) is 4.74 Å². The second-order valence-electron chi connectivity index (χ2n) is 5.37. The minimum absolute atomic E-state index is 0.0869. The van der Waals surface area contributed by atoms with Crippen LogP contribution in [0.25, 0.3) is 0 Å². The van der Waals surface area contributed by atoms with E-state index in [1.54, 1.807) is 12.4 Å². The largest absolute Gasteiger partial charge is 0.379 e. The summed E-state index contributed by atoms with van der Waals surface area (Å²) in [6.45, 7) is 6.65. The van der Waals surface area contributed by atoms with Crippen molar-refractivity contribution in [3.05, 3.63) is 30.1 Å². The average molecular weight is 291 g/mol. The average Bonchev–Trinajstić information content (AvgIpc) is 2.54. The van der Waals surface area contributed by atoms with Crippen molar-refractivity contribution in [1.82, 2.24) is 15.2 Å². The van der Waals surface area contributed by atoms with Gasteiger partial charge in [0.25, 0.3) is 0 Å². The maximum absolute atomic E-state index is 12.1. The first-order valence-electron chi connectivity index (χ1n) is 7.79. The van der Waals surface area contributed by atoms with Gasteiger partial charge in [0, 0.05) is 31.9 Å². The lowest BCUT2D eigenvalue weighted by Crippen LogP contribution is -2.37. The fourth-order valence-corrected chi connectivity index (χ4v) is 2.57. The molecule has 5 heteroatoms. The quantitative estimate of drug-likeness (QED) is 0.832. The van der Waals surface area contributed by atoms with E-state index in [9.17, 15) is 4.79 Å². The van der Waals surface area contributed by atoms with E-state index in [-0.39, 0.29) is 11.9 Å². The highest BCUT2D eigenvalue weighted by molar-refractivity contribution is 5.76. The minimum Gasteiger partial charge on any atom is -0.379 e. The first kappa shape index (κ1) is 15.9. The number of morpholine rings is 1. The number of hydrogen-bond acceptors (Lipinski definition) is 4. The summed E-state index contributed by atoms with van der Waals surface area (Å²) in [5.74, 6) is 0.131. The molecule has 0 aliphatic carbocycles. The minimum atomic E-state index is 0.0869. The van der Waals surface area contributed by atoms with E-state index in [1.807, 2.05) is 12.1 Å². The third-order valence-electron chi connectivity index (χ3n) is 3.83. The number of aromatic nitrogens is 1. The van der Waals surface area contributed by atoms with Crippen molar-refractivity contribution in [3.8, 4) is 0 Å². The topological polar surface area (TPSA) is 54.5 Å². The zero-order valence-corrected chi connectivity index (χ0v) is 12.8. The molecule has 1 aromatic rings. The molecular formula is C16H25N3O2. The lowest BCUT2D eigenvalue weighted by atomic mass is 10.1. The SMILES string of the molecule is CCC(NC(=O)CCCN1CCOCC1)c1ccncc1. The smallest absolute Gasteiger partial charge is 0.220 e. The van der Waals surface area contributed by atoms with Crippen molar-refractivity contribution in [2.75, 3.05) is 32.8 Å². The number of pyridine rings is 1. The molecule has 0 bridgehead atoms. The Morgan fingerprint density at radius 1 is 1.38 bits per heavy atom. The van der Waals surface area contributed by atoms with Crippen LogP contribution in [0.2, 0.25) is 0 Å². The number of carbonyl (C=O) groups excluding carboxylic acids is 1. The van der Waals surface area contributed by atoms with Gasteiger partial charge in [-0.2, -0.15) is 0 Å². The Morgan fingerprint density at radius 3 is 2.76 bits per heavy atom. The molecule has 0 saturated carbocycles.